The quantitative estimate of drug-likeness (QED) is 0.629. The van der Waals surface area contributed by atoms with Crippen molar-refractivity contribution in [2.45, 2.75) is 19.1 Å². The van der Waals surface area contributed by atoms with E-state index in [4.69, 9.17) is 21.1 Å². The average molecular weight is 389 g/mol. The minimum atomic E-state index is -1.19. The molecule has 1 heterocycles. The highest BCUT2D eigenvalue weighted by Gasteiger charge is 2.27. The Kier molecular flexibility index (Phi) is 5.73. The van der Waals surface area contributed by atoms with Gasteiger partial charge in [0.2, 0.25) is 6.10 Å². The first-order valence-electron chi connectivity index (χ1n) is 8.13. The van der Waals surface area contributed by atoms with Crippen molar-refractivity contribution < 1.29 is 24.2 Å². The maximum Gasteiger partial charge on any atom is 0.347 e. The number of aliphatic hydroxyl groups excluding tert-OH is 1. The second-order valence-corrected chi connectivity index (χ2v) is 6.21. The van der Waals surface area contributed by atoms with E-state index in [-0.39, 0.29) is 13.0 Å². The number of H-pyrrole nitrogens is 1. The zero-order valence-corrected chi connectivity index (χ0v) is 15.2. The smallest absolute Gasteiger partial charge is 0.347 e. The number of ether oxygens (including phenoxy) is 2. The maximum atomic E-state index is 12.3. The second-order valence-electron chi connectivity index (χ2n) is 5.80. The van der Waals surface area contributed by atoms with Crippen molar-refractivity contribution in [1.29, 1.82) is 0 Å². The van der Waals surface area contributed by atoms with E-state index in [1.54, 1.807) is 42.6 Å². The number of methoxy groups -OCH3 is 1. The van der Waals surface area contributed by atoms with Gasteiger partial charge in [0.15, 0.2) is 0 Å². The average Bonchev–Trinajstić information content (AvgIpc) is 3.18. The number of benzene rings is 2. The van der Waals surface area contributed by atoms with Crippen LogP contribution >= 0.6 is 11.6 Å². The van der Waals surface area contributed by atoms with Crippen LogP contribution < -0.4 is 0 Å². The van der Waals surface area contributed by atoms with Crippen LogP contribution in [0, 0.1) is 0 Å². The summed E-state index contributed by atoms with van der Waals surface area (Å²) >= 11 is 6.25. The largest absolute Gasteiger partial charge is 0.466 e. The number of nitrogens with one attached hydrogen (secondary N) is 1. The van der Waals surface area contributed by atoms with Crippen molar-refractivity contribution in [2.75, 3.05) is 7.11 Å². The van der Waals surface area contributed by atoms with Crippen LogP contribution in [0.2, 0.25) is 5.02 Å². The van der Waals surface area contributed by atoms with E-state index in [0.29, 0.717) is 32.6 Å². The van der Waals surface area contributed by atoms with Crippen molar-refractivity contribution in [3.05, 3.63) is 64.3 Å². The van der Waals surface area contributed by atoms with Gasteiger partial charge in [-0.2, -0.15) is 5.10 Å². The van der Waals surface area contributed by atoms with Gasteiger partial charge in [-0.05, 0) is 29.3 Å². The van der Waals surface area contributed by atoms with Gasteiger partial charge in [0.25, 0.3) is 0 Å². The zero-order valence-electron chi connectivity index (χ0n) is 14.4. The van der Waals surface area contributed by atoms with Gasteiger partial charge in [-0.1, -0.05) is 29.8 Å². The monoisotopic (exact) mass is 388 g/mol. The van der Waals surface area contributed by atoms with Gasteiger partial charge in [0, 0.05) is 11.8 Å². The number of halogens is 1. The van der Waals surface area contributed by atoms with Gasteiger partial charge in [-0.3, -0.25) is 5.10 Å². The molecule has 0 aliphatic carbocycles. The number of aliphatic hydroxyl groups is 1. The molecule has 0 saturated heterocycles. The summed E-state index contributed by atoms with van der Waals surface area (Å²) in [4.78, 5) is 24.5. The molecule has 0 amide bonds. The molecule has 2 N–H and O–H groups in total. The summed E-state index contributed by atoms with van der Waals surface area (Å²) in [6.07, 6.45) is 0.356. The van der Waals surface area contributed by atoms with E-state index in [2.05, 4.69) is 10.2 Å². The van der Waals surface area contributed by atoms with Crippen LogP contribution in [0.5, 0.6) is 0 Å². The third-order valence-electron chi connectivity index (χ3n) is 4.18. The lowest BCUT2D eigenvalue weighted by Crippen LogP contribution is -2.31. The number of carbonyl (C=O) groups excluding carboxylic acids is 2. The van der Waals surface area contributed by atoms with Crippen LogP contribution in [0.1, 0.15) is 21.5 Å². The van der Waals surface area contributed by atoms with E-state index in [9.17, 15) is 14.7 Å². The third-order valence-corrected chi connectivity index (χ3v) is 4.48. The summed E-state index contributed by atoms with van der Waals surface area (Å²) in [6.45, 7) is -0.289. The molecule has 0 fully saturated rings. The van der Waals surface area contributed by atoms with E-state index in [0.717, 1.165) is 0 Å². The van der Waals surface area contributed by atoms with E-state index in [1.807, 2.05) is 0 Å². The number of carbonyl (C=O) groups is 2. The number of rotatable bonds is 6. The summed E-state index contributed by atoms with van der Waals surface area (Å²) in [5, 5.41) is 17.5. The highest BCUT2D eigenvalue weighted by Crippen LogP contribution is 2.29. The van der Waals surface area contributed by atoms with Gasteiger partial charge in [0.05, 0.1) is 36.0 Å². The van der Waals surface area contributed by atoms with Crippen molar-refractivity contribution in [3.8, 4) is 0 Å². The molecule has 7 nitrogen and oxygen atoms in total. The zero-order chi connectivity index (χ0) is 19.4. The van der Waals surface area contributed by atoms with Crippen molar-refractivity contribution in [2.24, 2.45) is 0 Å². The molecule has 1 atom stereocenters. The fourth-order valence-electron chi connectivity index (χ4n) is 2.83. The highest BCUT2D eigenvalue weighted by atomic mass is 35.5. The summed E-state index contributed by atoms with van der Waals surface area (Å²) in [6, 6.07) is 9.94. The first kappa shape index (κ1) is 18.9. The predicted molar refractivity (Wildman–Crippen MR) is 98.4 cm³/mol. The Bertz CT molecular complexity index is 971. The molecule has 27 heavy (non-hydrogen) atoms. The predicted octanol–water partition coefficient (Wildman–Crippen LogP) is 2.65. The van der Waals surface area contributed by atoms with E-state index >= 15 is 0 Å². The first-order valence-corrected chi connectivity index (χ1v) is 8.51. The lowest BCUT2D eigenvalue weighted by atomic mass is 9.98. The van der Waals surface area contributed by atoms with Crippen molar-refractivity contribution in [1.82, 2.24) is 10.2 Å². The molecule has 8 heteroatoms. The molecule has 0 aliphatic heterocycles. The van der Waals surface area contributed by atoms with Crippen molar-refractivity contribution in [3.63, 3.8) is 0 Å². The molecule has 0 unspecified atom stereocenters. The molecule has 2 aromatic carbocycles. The van der Waals surface area contributed by atoms with Crippen molar-refractivity contribution >= 4 is 34.4 Å². The number of hydrogen-bond acceptors (Lipinski definition) is 6. The highest BCUT2D eigenvalue weighted by molar-refractivity contribution is 6.35. The molecule has 0 spiro atoms. The van der Waals surface area contributed by atoms with Crippen LogP contribution in [0.15, 0.2) is 42.6 Å². The van der Waals surface area contributed by atoms with Gasteiger partial charge >= 0.3 is 11.9 Å². The van der Waals surface area contributed by atoms with Crippen LogP contribution in [0.3, 0.4) is 0 Å². The summed E-state index contributed by atoms with van der Waals surface area (Å²) in [5.41, 5.74) is 2.01. The Labute approximate surface area is 159 Å². The molecular weight excluding hydrogens is 372 g/mol. The Hall–Kier alpha value is -2.90. The Morgan fingerprint density at radius 1 is 1.30 bits per heavy atom. The van der Waals surface area contributed by atoms with Gasteiger partial charge < -0.3 is 14.6 Å². The fourth-order valence-corrected chi connectivity index (χ4v) is 3.10. The van der Waals surface area contributed by atoms with Gasteiger partial charge in [-0.25, -0.2) is 9.59 Å². The number of hydrogen-bond donors (Lipinski definition) is 2. The second kappa shape index (κ2) is 8.20. The molecular formula is C19H17ClN2O5. The lowest BCUT2D eigenvalue weighted by molar-refractivity contribution is -0.150. The number of aromatic nitrogens is 2. The number of aromatic amines is 1. The van der Waals surface area contributed by atoms with E-state index in [1.165, 1.54) is 7.11 Å². The van der Waals surface area contributed by atoms with Crippen LogP contribution in [-0.2, 0) is 27.3 Å². The SMILES string of the molecule is COC(=O)[C@@H](Cc1cc(Cl)c2[nH]ncc2c1CO)OC(=O)c1ccccc1. The first-order chi connectivity index (χ1) is 13.0. The van der Waals surface area contributed by atoms with Crippen LogP contribution in [0.25, 0.3) is 10.9 Å². The molecule has 1 aromatic heterocycles. The number of nitrogens with zero attached hydrogens (tertiary/aromatic N) is 1. The van der Waals surface area contributed by atoms with Crippen LogP contribution in [-0.4, -0.2) is 40.5 Å². The molecule has 3 rings (SSSR count). The van der Waals surface area contributed by atoms with E-state index < -0.39 is 18.0 Å². The number of esters is 2. The topological polar surface area (TPSA) is 102 Å². The minimum absolute atomic E-state index is 0.00196. The summed E-state index contributed by atoms with van der Waals surface area (Å²) in [7, 11) is 1.21. The fraction of sp³-hybridized carbons (Fsp3) is 0.211. The Morgan fingerprint density at radius 3 is 2.70 bits per heavy atom. The molecule has 140 valence electrons. The Morgan fingerprint density at radius 2 is 2.04 bits per heavy atom. The molecule has 3 aromatic rings. The summed E-state index contributed by atoms with van der Waals surface area (Å²) in [5.74, 6) is -1.35. The normalized spacial score (nSPS) is 12.0. The molecule has 0 bridgehead atoms. The molecule has 0 saturated carbocycles. The third kappa shape index (κ3) is 3.94. The molecule has 0 radical (unpaired) electrons. The Balaban J connectivity index is 1.92. The number of fused-ring (bicyclic) bond motifs is 1. The van der Waals surface area contributed by atoms with Crippen LogP contribution in [0.4, 0.5) is 0 Å². The summed E-state index contributed by atoms with van der Waals surface area (Å²) < 4.78 is 10.1. The molecule has 0 aliphatic rings. The van der Waals surface area contributed by atoms with Gasteiger partial charge in [0.1, 0.15) is 0 Å². The maximum absolute atomic E-state index is 12.3. The standard InChI is InChI=1S/C19H17ClN2O5/c1-26-19(25)16(27-18(24)11-5-3-2-4-6-11)8-12-7-15(20)17-13(9-21-22-17)14(12)10-23/h2-7,9,16,23H,8,10H2,1H3,(H,21,22)/t16-/m1/s1. The minimum Gasteiger partial charge on any atom is -0.466 e. The van der Waals surface area contributed by atoms with Gasteiger partial charge in [-0.15, -0.1) is 0 Å². The lowest BCUT2D eigenvalue weighted by Gasteiger charge is -2.18.